The Morgan fingerprint density at radius 2 is 1.90 bits per heavy atom. The Balaban J connectivity index is 2.03. The molecular formula is C15H23ClN2O2S. The van der Waals surface area contributed by atoms with Gasteiger partial charge in [-0.1, -0.05) is 17.7 Å². The predicted molar refractivity (Wildman–Crippen MR) is 86.2 cm³/mol. The van der Waals surface area contributed by atoms with Gasteiger partial charge in [0.15, 0.2) is 0 Å². The molecule has 1 aliphatic heterocycles. The Bertz CT molecular complexity index is 594. The van der Waals surface area contributed by atoms with Crippen LogP contribution in [0.1, 0.15) is 32.3 Å². The molecule has 6 heteroatoms. The Labute approximate surface area is 132 Å². The second-order valence-corrected chi connectivity index (χ2v) is 8.06. The van der Waals surface area contributed by atoms with E-state index in [4.69, 9.17) is 11.6 Å². The van der Waals surface area contributed by atoms with Crippen molar-refractivity contribution in [2.24, 2.45) is 0 Å². The lowest BCUT2D eigenvalue weighted by Gasteiger charge is -2.34. The van der Waals surface area contributed by atoms with Gasteiger partial charge in [-0.3, -0.25) is 0 Å². The van der Waals surface area contributed by atoms with E-state index in [0.717, 1.165) is 31.5 Å². The molecule has 1 aliphatic rings. The first-order valence-electron chi connectivity index (χ1n) is 7.32. The van der Waals surface area contributed by atoms with Crippen LogP contribution in [0.5, 0.6) is 0 Å². The number of benzene rings is 1. The summed E-state index contributed by atoms with van der Waals surface area (Å²) in [5, 5.41) is 0.479. The Kier molecular flexibility index (Phi) is 5.30. The fraction of sp³-hybridized carbons (Fsp3) is 0.600. The monoisotopic (exact) mass is 330 g/mol. The number of piperidine rings is 1. The van der Waals surface area contributed by atoms with E-state index in [1.54, 1.807) is 12.1 Å². The molecule has 1 saturated heterocycles. The number of hydrogen-bond acceptors (Lipinski definition) is 3. The van der Waals surface area contributed by atoms with Gasteiger partial charge in [-0.2, -0.15) is 0 Å². The summed E-state index contributed by atoms with van der Waals surface area (Å²) in [6.07, 6.45) is 1.69. The van der Waals surface area contributed by atoms with Crippen LogP contribution in [0.25, 0.3) is 0 Å². The highest BCUT2D eigenvalue weighted by Gasteiger charge is 2.25. The van der Waals surface area contributed by atoms with Crippen LogP contribution in [0.15, 0.2) is 23.1 Å². The number of likely N-dealkylation sites (tertiary alicyclic amines) is 1. The SMILES string of the molecule is Cc1ccc(S(=O)(=O)NC2CCN(C(C)C)CC2)cc1Cl. The van der Waals surface area contributed by atoms with Crippen molar-refractivity contribution in [1.82, 2.24) is 9.62 Å². The highest BCUT2D eigenvalue weighted by molar-refractivity contribution is 7.89. The van der Waals surface area contributed by atoms with E-state index in [0.29, 0.717) is 11.1 Å². The van der Waals surface area contributed by atoms with Gasteiger partial charge >= 0.3 is 0 Å². The summed E-state index contributed by atoms with van der Waals surface area (Å²) < 4.78 is 27.6. The lowest BCUT2D eigenvalue weighted by molar-refractivity contribution is 0.168. The Morgan fingerprint density at radius 1 is 1.29 bits per heavy atom. The smallest absolute Gasteiger partial charge is 0.240 e. The molecule has 1 N–H and O–H groups in total. The molecule has 0 unspecified atom stereocenters. The first-order chi connectivity index (χ1) is 9.79. The molecule has 0 atom stereocenters. The van der Waals surface area contributed by atoms with Gasteiger partial charge in [-0.05, 0) is 64.4 Å². The molecule has 1 aromatic rings. The number of rotatable bonds is 4. The molecular weight excluding hydrogens is 308 g/mol. The highest BCUT2D eigenvalue weighted by atomic mass is 35.5. The van der Waals surface area contributed by atoms with Crippen molar-refractivity contribution >= 4 is 21.6 Å². The molecule has 21 heavy (non-hydrogen) atoms. The fourth-order valence-electron chi connectivity index (χ4n) is 2.56. The fourth-order valence-corrected chi connectivity index (χ4v) is 4.14. The lowest BCUT2D eigenvalue weighted by atomic mass is 10.1. The maximum Gasteiger partial charge on any atom is 0.240 e. The molecule has 0 amide bonds. The van der Waals surface area contributed by atoms with Crippen LogP contribution in [0, 0.1) is 6.92 Å². The van der Waals surface area contributed by atoms with Gasteiger partial charge in [0.05, 0.1) is 4.90 Å². The van der Waals surface area contributed by atoms with Crippen molar-refractivity contribution in [3.05, 3.63) is 28.8 Å². The molecule has 0 saturated carbocycles. The summed E-state index contributed by atoms with van der Waals surface area (Å²) in [6, 6.07) is 5.37. The number of halogens is 1. The molecule has 1 fully saturated rings. The van der Waals surface area contributed by atoms with Crippen LogP contribution < -0.4 is 4.72 Å². The number of nitrogens with zero attached hydrogens (tertiary/aromatic N) is 1. The third kappa shape index (κ3) is 4.19. The third-order valence-corrected chi connectivity index (χ3v) is 5.96. The molecule has 1 aromatic carbocycles. The number of sulfonamides is 1. The first kappa shape index (κ1) is 16.7. The van der Waals surface area contributed by atoms with E-state index in [2.05, 4.69) is 23.5 Å². The standard InChI is InChI=1S/C15H23ClN2O2S/c1-11(2)18-8-6-13(7-9-18)17-21(19,20)14-5-4-12(3)15(16)10-14/h4-5,10-11,13,17H,6-9H2,1-3H3. The largest absolute Gasteiger partial charge is 0.301 e. The molecule has 0 radical (unpaired) electrons. The van der Waals surface area contributed by atoms with Gasteiger partial charge in [0, 0.05) is 17.1 Å². The van der Waals surface area contributed by atoms with E-state index >= 15 is 0 Å². The van der Waals surface area contributed by atoms with Crippen LogP contribution in [0.2, 0.25) is 5.02 Å². The molecule has 2 rings (SSSR count). The highest BCUT2D eigenvalue weighted by Crippen LogP contribution is 2.21. The zero-order chi connectivity index (χ0) is 15.6. The quantitative estimate of drug-likeness (QED) is 0.923. The molecule has 1 heterocycles. The molecule has 4 nitrogen and oxygen atoms in total. The van der Waals surface area contributed by atoms with Gasteiger partial charge in [-0.25, -0.2) is 13.1 Å². The van der Waals surface area contributed by atoms with E-state index in [-0.39, 0.29) is 10.9 Å². The van der Waals surface area contributed by atoms with E-state index in [1.807, 2.05) is 6.92 Å². The summed E-state index contributed by atoms with van der Waals surface area (Å²) in [6.45, 7) is 8.05. The number of hydrogen-bond donors (Lipinski definition) is 1. The molecule has 0 spiro atoms. The number of aryl methyl sites for hydroxylation is 1. The zero-order valence-electron chi connectivity index (χ0n) is 12.8. The van der Waals surface area contributed by atoms with Crippen LogP contribution in [-0.2, 0) is 10.0 Å². The minimum absolute atomic E-state index is 0.00470. The summed E-state index contributed by atoms with van der Waals surface area (Å²) in [5.74, 6) is 0. The van der Waals surface area contributed by atoms with Gasteiger partial charge in [0.25, 0.3) is 0 Å². The average molecular weight is 331 g/mol. The summed E-state index contributed by atoms with van der Waals surface area (Å²) in [5.41, 5.74) is 0.876. The normalized spacial score (nSPS) is 18.3. The third-order valence-electron chi connectivity index (χ3n) is 4.04. The summed E-state index contributed by atoms with van der Waals surface area (Å²) >= 11 is 6.02. The lowest BCUT2D eigenvalue weighted by Crippen LogP contribution is -2.46. The maximum absolute atomic E-state index is 12.4. The minimum Gasteiger partial charge on any atom is -0.301 e. The summed E-state index contributed by atoms with van der Waals surface area (Å²) in [4.78, 5) is 2.61. The maximum atomic E-state index is 12.4. The van der Waals surface area contributed by atoms with Crippen molar-refractivity contribution < 1.29 is 8.42 Å². The summed E-state index contributed by atoms with van der Waals surface area (Å²) in [7, 11) is -3.49. The van der Waals surface area contributed by atoms with Crippen molar-refractivity contribution in [1.29, 1.82) is 0 Å². The first-order valence-corrected chi connectivity index (χ1v) is 9.18. The van der Waals surface area contributed by atoms with E-state index in [1.165, 1.54) is 6.07 Å². The van der Waals surface area contributed by atoms with Crippen LogP contribution in [0.4, 0.5) is 0 Å². The van der Waals surface area contributed by atoms with Crippen molar-refractivity contribution in [2.45, 2.75) is 50.6 Å². The van der Waals surface area contributed by atoms with Crippen molar-refractivity contribution in [2.75, 3.05) is 13.1 Å². The Morgan fingerprint density at radius 3 is 2.43 bits per heavy atom. The predicted octanol–water partition coefficient (Wildman–Crippen LogP) is 2.80. The van der Waals surface area contributed by atoms with Gasteiger partial charge in [0.1, 0.15) is 0 Å². The second kappa shape index (κ2) is 6.65. The molecule has 118 valence electrons. The van der Waals surface area contributed by atoms with Crippen molar-refractivity contribution in [3.63, 3.8) is 0 Å². The van der Waals surface area contributed by atoms with Gasteiger partial charge in [0.2, 0.25) is 10.0 Å². The topological polar surface area (TPSA) is 49.4 Å². The minimum atomic E-state index is -3.49. The average Bonchev–Trinajstić information content (AvgIpc) is 2.42. The zero-order valence-corrected chi connectivity index (χ0v) is 14.3. The molecule has 0 aromatic heterocycles. The van der Waals surface area contributed by atoms with E-state index < -0.39 is 10.0 Å². The number of nitrogens with one attached hydrogen (secondary N) is 1. The van der Waals surface area contributed by atoms with Gasteiger partial charge < -0.3 is 4.90 Å². The van der Waals surface area contributed by atoms with Gasteiger partial charge in [-0.15, -0.1) is 0 Å². The molecule has 0 bridgehead atoms. The van der Waals surface area contributed by atoms with Crippen LogP contribution in [0.3, 0.4) is 0 Å². The van der Waals surface area contributed by atoms with Crippen LogP contribution >= 0.6 is 11.6 Å². The van der Waals surface area contributed by atoms with E-state index in [9.17, 15) is 8.42 Å². The molecule has 0 aliphatic carbocycles. The van der Waals surface area contributed by atoms with Crippen LogP contribution in [-0.4, -0.2) is 38.5 Å². The van der Waals surface area contributed by atoms with Crippen molar-refractivity contribution in [3.8, 4) is 0 Å². The Hall–Kier alpha value is -0.620. The second-order valence-electron chi connectivity index (χ2n) is 5.94.